The molecule has 8 heteroatoms. The standard InChI is InChI=1S/C20H33N5O3/c1-22-20(24-16-6-7-17(27-2)18(14-16)28-3)23-10-4-5-11-25-12-8-15(9-13-25)19(21)26/h6-7,14-15H,4-5,8-13H2,1-3H3,(H2,21,26)(H2,22,23,24). The van der Waals surface area contributed by atoms with Crippen LogP contribution in [0.1, 0.15) is 25.7 Å². The van der Waals surface area contributed by atoms with Crippen molar-refractivity contribution >= 4 is 17.6 Å². The van der Waals surface area contributed by atoms with Crippen molar-refractivity contribution in [2.45, 2.75) is 25.7 Å². The van der Waals surface area contributed by atoms with E-state index in [0.717, 1.165) is 63.5 Å². The van der Waals surface area contributed by atoms with Crippen LogP contribution >= 0.6 is 0 Å². The molecule has 1 aromatic rings. The third-order valence-electron chi connectivity index (χ3n) is 5.05. The monoisotopic (exact) mass is 391 g/mol. The number of amides is 1. The molecular formula is C20H33N5O3. The van der Waals surface area contributed by atoms with E-state index in [1.54, 1.807) is 21.3 Å². The quantitative estimate of drug-likeness (QED) is 0.336. The Morgan fingerprint density at radius 3 is 2.54 bits per heavy atom. The van der Waals surface area contributed by atoms with Gasteiger partial charge in [0.25, 0.3) is 0 Å². The van der Waals surface area contributed by atoms with E-state index in [2.05, 4.69) is 20.5 Å². The summed E-state index contributed by atoms with van der Waals surface area (Å²) < 4.78 is 10.6. The van der Waals surface area contributed by atoms with Crippen LogP contribution in [0.3, 0.4) is 0 Å². The van der Waals surface area contributed by atoms with E-state index in [0.29, 0.717) is 11.5 Å². The highest BCUT2D eigenvalue weighted by atomic mass is 16.5. The maximum absolute atomic E-state index is 11.2. The first-order chi connectivity index (χ1) is 13.6. The zero-order valence-corrected chi connectivity index (χ0v) is 17.2. The number of carbonyl (C=O) groups excluding carboxylic acids is 1. The van der Waals surface area contributed by atoms with Gasteiger partial charge in [-0.1, -0.05) is 0 Å². The lowest BCUT2D eigenvalue weighted by atomic mass is 9.96. The molecule has 0 bridgehead atoms. The Kier molecular flexibility index (Phi) is 8.87. The highest BCUT2D eigenvalue weighted by molar-refractivity contribution is 5.93. The second-order valence-corrected chi connectivity index (χ2v) is 6.92. The second-order valence-electron chi connectivity index (χ2n) is 6.92. The third-order valence-corrected chi connectivity index (χ3v) is 5.05. The van der Waals surface area contributed by atoms with Crippen LogP contribution in [0.5, 0.6) is 11.5 Å². The summed E-state index contributed by atoms with van der Waals surface area (Å²) in [6.07, 6.45) is 3.91. The lowest BCUT2D eigenvalue weighted by Crippen LogP contribution is -2.39. The molecule has 2 rings (SSSR count). The maximum atomic E-state index is 11.2. The Balaban J connectivity index is 1.67. The minimum Gasteiger partial charge on any atom is -0.493 e. The molecule has 28 heavy (non-hydrogen) atoms. The van der Waals surface area contributed by atoms with Gasteiger partial charge >= 0.3 is 0 Å². The summed E-state index contributed by atoms with van der Waals surface area (Å²) in [5.74, 6) is 1.98. The fourth-order valence-corrected chi connectivity index (χ4v) is 3.34. The SMILES string of the molecule is CN=C(NCCCCN1CCC(C(N)=O)CC1)Nc1ccc(OC)c(OC)c1. The number of nitrogens with one attached hydrogen (secondary N) is 2. The molecule has 1 aliphatic heterocycles. The number of primary amides is 1. The summed E-state index contributed by atoms with van der Waals surface area (Å²) in [6, 6.07) is 5.65. The van der Waals surface area contributed by atoms with Crippen LogP contribution in [-0.4, -0.2) is 64.2 Å². The Hall–Kier alpha value is -2.48. The van der Waals surface area contributed by atoms with E-state index >= 15 is 0 Å². The molecule has 1 amide bonds. The first-order valence-corrected chi connectivity index (χ1v) is 9.78. The smallest absolute Gasteiger partial charge is 0.220 e. The lowest BCUT2D eigenvalue weighted by molar-refractivity contribution is -0.123. The van der Waals surface area contributed by atoms with Crippen LogP contribution in [0.2, 0.25) is 0 Å². The molecule has 0 unspecified atom stereocenters. The number of benzene rings is 1. The molecule has 0 radical (unpaired) electrons. The number of unbranched alkanes of at least 4 members (excludes halogenated alkanes) is 1. The predicted molar refractivity (Wildman–Crippen MR) is 112 cm³/mol. The van der Waals surface area contributed by atoms with Crippen LogP contribution in [0.15, 0.2) is 23.2 Å². The number of ether oxygens (including phenoxy) is 2. The molecule has 156 valence electrons. The van der Waals surface area contributed by atoms with Gasteiger partial charge in [0.2, 0.25) is 5.91 Å². The first-order valence-electron chi connectivity index (χ1n) is 9.78. The van der Waals surface area contributed by atoms with E-state index in [1.165, 1.54) is 0 Å². The van der Waals surface area contributed by atoms with Gasteiger partial charge < -0.3 is 30.7 Å². The highest BCUT2D eigenvalue weighted by Crippen LogP contribution is 2.29. The Morgan fingerprint density at radius 1 is 1.21 bits per heavy atom. The Labute approximate surface area is 167 Å². The van der Waals surface area contributed by atoms with Crippen molar-refractivity contribution in [3.05, 3.63) is 18.2 Å². The van der Waals surface area contributed by atoms with Crippen molar-refractivity contribution < 1.29 is 14.3 Å². The number of methoxy groups -OCH3 is 2. The van der Waals surface area contributed by atoms with Crippen LogP contribution in [-0.2, 0) is 4.79 Å². The maximum Gasteiger partial charge on any atom is 0.220 e. The highest BCUT2D eigenvalue weighted by Gasteiger charge is 2.22. The zero-order chi connectivity index (χ0) is 20.4. The van der Waals surface area contributed by atoms with E-state index in [1.807, 2.05) is 18.2 Å². The number of aliphatic imine (C=N–C) groups is 1. The van der Waals surface area contributed by atoms with Crippen molar-refractivity contribution in [1.82, 2.24) is 10.2 Å². The number of carbonyl (C=O) groups is 1. The summed E-state index contributed by atoms with van der Waals surface area (Å²) in [4.78, 5) is 17.9. The van der Waals surface area contributed by atoms with Gasteiger partial charge in [-0.3, -0.25) is 9.79 Å². The van der Waals surface area contributed by atoms with Gasteiger partial charge in [-0.2, -0.15) is 0 Å². The van der Waals surface area contributed by atoms with Gasteiger partial charge in [0.1, 0.15) is 0 Å². The fraction of sp³-hybridized carbons (Fsp3) is 0.600. The molecular weight excluding hydrogens is 358 g/mol. The number of rotatable bonds is 9. The molecule has 1 aliphatic rings. The number of hydrogen-bond donors (Lipinski definition) is 3. The Morgan fingerprint density at radius 2 is 1.93 bits per heavy atom. The normalized spacial score (nSPS) is 15.9. The molecule has 0 aliphatic carbocycles. The van der Waals surface area contributed by atoms with Gasteiger partial charge in [0.15, 0.2) is 17.5 Å². The molecule has 4 N–H and O–H groups in total. The summed E-state index contributed by atoms with van der Waals surface area (Å²) >= 11 is 0. The molecule has 1 fully saturated rings. The number of anilines is 1. The van der Waals surface area contributed by atoms with Crippen molar-refractivity contribution in [2.75, 3.05) is 52.8 Å². The second kappa shape index (κ2) is 11.4. The summed E-state index contributed by atoms with van der Waals surface area (Å²) in [5, 5.41) is 6.59. The van der Waals surface area contributed by atoms with Crippen LogP contribution in [0, 0.1) is 5.92 Å². The number of hydrogen-bond acceptors (Lipinski definition) is 5. The van der Waals surface area contributed by atoms with Crippen molar-refractivity contribution in [2.24, 2.45) is 16.6 Å². The predicted octanol–water partition coefficient (Wildman–Crippen LogP) is 1.67. The van der Waals surface area contributed by atoms with E-state index in [4.69, 9.17) is 15.2 Å². The minimum atomic E-state index is -0.155. The molecule has 1 saturated heterocycles. The molecule has 8 nitrogen and oxygen atoms in total. The van der Waals surface area contributed by atoms with Gasteiger partial charge in [0.05, 0.1) is 14.2 Å². The van der Waals surface area contributed by atoms with E-state index in [9.17, 15) is 4.79 Å². The number of piperidine rings is 1. The van der Waals surface area contributed by atoms with Crippen LogP contribution in [0.25, 0.3) is 0 Å². The molecule has 1 heterocycles. The lowest BCUT2D eigenvalue weighted by Gasteiger charge is -2.30. The molecule has 0 spiro atoms. The van der Waals surface area contributed by atoms with Gasteiger partial charge in [-0.25, -0.2) is 0 Å². The zero-order valence-electron chi connectivity index (χ0n) is 17.2. The Bertz CT molecular complexity index is 657. The number of nitrogens with two attached hydrogens (primary N) is 1. The fourth-order valence-electron chi connectivity index (χ4n) is 3.34. The summed E-state index contributed by atoms with van der Waals surface area (Å²) in [6.45, 7) is 3.81. The van der Waals surface area contributed by atoms with Gasteiger partial charge in [-0.15, -0.1) is 0 Å². The van der Waals surface area contributed by atoms with Gasteiger partial charge in [-0.05, 0) is 57.5 Å². The summed E-state index contributed by atoms with van der Waals surface area (Å²) in [5.41, 5.74) is 6.26. The van der Waals surface area contributed by atoms with Gasteiger partial charge in [0, 0.05) is 31.3 Å². The topological polar surface area (TPSA) is 101 Å². The van der Waals surface area contributed by atoms with Crippen LogP contribution in [0.4, 0.5) is 5.69 Å². The molecule has 0 aromatic heterocycles. The van der Waals surface area contributed by atoms with Crippen molar-refractivity contribution in [3.63, 3.8) is 0 Å². The number of nitrogens with zero attached hydrogens (tertiary/aromatic N) is 2. The minimum absolute atomic E-state index is 0.0592. The van der Waals surface area contributed by atoms with Crippen LogP contribution < -0.4 is 25.8 Å². The number of likely N-dealkylation sites (tertiary alicyclic amines) is 1. The molecule has 0 atom stereocenters. The van der Waals surface area contributed by atoms with Crippen molar-refractivity contribution in [3.8, 4) is 11.5 Å². The average Bonchev–Trinajstić information content (AvgIpc) is 2.72. The largest absolute Gasteiger partial charge is 0.493 e. The van der Waals surface area contributed by atoms with E-state index < -0.39 is 0 Å². The molecule has 0 saturated carbocycles. The summed E-state index contributed by atoms with van der Waals surface area (Å²) in [7, 11) is 4.98. The van der Waals surface area contributed by atoms with Crippen molar-refractivity contribution in [1.29, 1.82) is 0 Å². The first kappa shape index (κ1) is 21.8. The average molecular weight is 392 g/mol. The number of guanidine groups is 1. The third kappa shape index (κ3) is 6.60. The molecule has 1 aromatic carbocycles. The van der Waals surface area contributed by atoms with E-state index in [-0.39, 0.29) is 11.8 Å².